The molecule has 1 unspecified atom stereocenters. The monoisotopic (exact) mass is 585 g/mol. The van der Waals surface area contributed by atoms with Crippen LogP contribution in [0, 0.1) is 6.92 Å². The molecule has 3 aromatic rings. The highest BCUT2D eigenvalue weighted by atomic mass is 35.5. The van der Waals surface area contributed by atoms with Gasteiger partial charge in [-0.1, -0.05) is 66.2 Å². The SMILES string of the molecule is COc1ccc(Cl)cc1N(CC(=O)N(Cc1ccccc1C)C(Cc1ccccc1)C(=O)NC(C)C)S(C)(=O)=O. The van der Waals surface area contributed by atoms with Crippen molar-refractivity contribution >= 4 is 39.1 Å². The minimum atomic E-state index is -3.95. The number of hydrogen-bond acceptors (Lipinski definition) is 5. The van der Waals surface area contributed by atoms with Crippen LogP contribution in [0.3, 0.4) is 0 Å². The number of nitrogens with zero attached hydrogens (tertiary/aromatic N) is 2. The van der Waals surface area contributed by atoms with Crippen molar-refractivity contribution in [3.05, 3.63) is 94.5 Å². The summed E-state index contributed by atoms with van der Waals surface area (Å²) in [6.07, 6.45) is 1.26. The second-order valence-corrected chi connectivity index (χ2v) is 12.2. The number of carbonyl (C=O) groups excluding carboxylic acids is 2. The van der Waals surface area contributed by atoms with E-state index in [1.165, 1.54) is 18.1 Å². The predicted molar refractivity (Wildman–Crippen MR) is 159 cm³/mol. The van der Waals surface area contributed by atoms with Gasteiger partial charge in [-0.25, -0.2) is 8.42 Å². The molecular weight excluding hydrogens is 550 g/mol. The van der Waals surface area contributed by atoms with E-state index >= 15 is 0 Å². The van der Waals surface area contributed by atoms with Crippen LogP contribution in [-0.4, -0.2) is 57.1 Å². The van der Waals surface area contributed by atoms with Crippen molar-refractivity contribution in [2.45, 2.75) is 45.8 Å². The average Bonchev–Trinajstić information content (AvgIpc) is 2.89. The van der Waals surface area contributed by atoms with E-state index < -0.39 is 28.5 Å². The molecule has 0 aliphatic rings. The topological polar surface area (TPSA) is 96.0 Å². The molecule has 0 spiro atoms. The highest BCUT2D eigenvalue weighted by Crippen LogP contribution is 2.33. The van der Waals surface area contributed by atoms with Gasteiger partial charge in [0.1, 0.15) is 18.3 Å². The van der Waals surface area contributed by atoms with Gasteiger partial charge in [0.05, 0.1) is 19.1 Å². The Balaban J connectivity index is 2.11. The molecule has 0 bridgehead atoms. The Labute approximate surface area is 241 Å². The molecule has 3 aromatic carbocycles. The first-order valence-electron chi connectivity index (χ1n) is 12.9. The van der Waals surface area contributed by atoms with Crippen LogP contribution < -0.4 is 14.4 Å². The van der Waals surface area contributed by atoms with Gasteiger partial charge in [0.15, 0.2) is 0 Å². The lowest BCUT2D eigenvalue weighted by Gasteiger charge is -2.34. The summed E-state index contributed by atoms with van der Waals surface area (Å²) in [5.74, 6) is -0.631. The Morgan fingerprint density at radius 3 is 2.25 bits per heavy atom. The van der Waals surface area contributed by atoms with Gasteiger partial charge in [0.25, 0.3) is 0 Å². The van der Waals surface area contributed by atoms with Crippen molar-refractivity contribution in [1.82, 2.24) is 10.2 Å². The van der Waals surface area contributed by atoms with Gasteiger partial charge in [0, 0.05) is 24.0 Å². The molecule has 1 N–H and O–H groups in total. The number of rotatable bonds is 12. The van der Waals surface area contributed by atoms with Crippen LogP contribution in [0.5, 0.6) is 5.75 Å². The molecule has 0 radical (unpaired) electrons. The second kappa shape index (κ2) is 13.7. The minimum Gasteiger partial charge on any atom is -0.495 e. The summed E-state index contributed by atoms with van der Waals surface area (Å²) in [5, 5.41) is 3.22. The number of ether oxygens (including phenoxy) is 1. The third-order valence-electron chi connectivity index (χ3n) is 6.39. The molecule has 0 fully saturated rings. The highest BCUT2D eigenvalue weighted by Gasteiger charge is 2.34. The average molecular weight is 586 g/mol. The molecular formula is C30H36ClN3O5S. The summed E-state index contributed by atoms with van der Waals surface area (Å²) in [6, 6.07) is 20.5. The summed E-state index contributed by atoms with van der Waals surface area (Å²) in [5.41, 5.74) is 2.79. The predicted octanol–water partition coefficient (Wildman–Crippen LogP) is 4.59. The molecule has 0 aliphatic carbocycles. The molecule has 0 heterocycles. The lowest BCUT2D eigenvalue weighted by Crippen LogP contribution is -2.54. The number of nitrogens with one attached hydrogen (secondary N) is 1. The third kappa shape index (κ3) is 8.22. The standard InChI is InChI=1S/C30H36ClN3O5S/c1-21(2)32-30(36)27(17-23-12-7-6-8-13-23)33(19-24-14-10-9-11-22(24)3)29(35)20-34(40(5,37)38)26-18-25(31)15-16-28(26)39-4/h6-16,18,21,27H,17,19-20H2,1-5H3,(H,32,36). The first-order chi connectivity index (χ1) is 18.9. The zero-order valence-electron chi connectivity index (χ0n) is 23.4. The van der Waals surface area contributed by atoms with Crippen LogP contribution in [0.1, 0.15) is 30.5 Å². The van der Waals surface area contributed by atoms with Gasteiger partial charge < -0.3 is 15.0 Å². The molecule has 0 aliphatic heterocycles. The fraction of sp³-hybridized carbons (Fsp3) is 0.333. The fourth-order valence-electron chi connectivity index (χ4n) is 4.36. The normalized spacial score (nSPS) is 12.1. The molecule has 0 saturated carbocycles. The van der Waals surface area contributed by atoms with Crippen molar-refractivity contribution in [2.75, 3.05) is 24.2 Å². The van der Waals surface area contributed by atoms with Crippen LogP contribution in [0.15, 0.2) is 72.8 Å². The summed E-state index contributed by atoms with van der Waals surface area (Å²) >= 11 is 6.20. The summed E-state index contributed by atoms with van der Waals surface area (Å²) in [4.78, 5) is 29.2. The maximum atomic E-state index is 14.2. The number of carbonyl (C=O) groups is 2. The van der Waals surface area contributed by atoms with Crippen molar-refractivity contribution in [1.29, 1.82) is 0 Å². The molecule has 10 heteroatoms. The van der Waals surface area contributed by atoms with Crippen LogP contribution >= 0.6 is 11.6 Å². The number of sulfonamides is 1. The largest absolute Gasteiger partial charge is 0.495 e. The molecule has 3 rings (SSSR count). The van der Waals surface area contributed by atoms with Crippen LogP contribution in [0.2, 0.25) is 5.02 Å². The van der Waals surface area contributed by atoms with E-state index in [9.17, 15) is 18.0 Å². The summed E-state index contributed by atoms with van der Waals surface area (Å²) in [6.45, 7) is 5.18. The number of anilines is 1. The number of hydrogen-bond donors (Lipinski definition) is 1. The number of halogens is 1. The van der Waals surface area contributed by atoms with Crippen molar-refractivity contribution < 1.29 is 22.7 Å². The van der Waals surface area contributed by atoms with Crippen molar-refractivity contribution in [2.24, 2.45) is 0 Å². The first-order valence-corrected chi connectivity index (χ1v) is 15.1. The number of benzene rings is 3. The Hall–Kier alpha value is -3.56. The lowest BCUT2D eigenvalue weighted by atomic mass is 10.0. The Morgan fingerprint density at radius 1 is 1.00 bits per heavy atom. The van der Waals surface area contributed by atoms with Gasteiger partial charge in [0.2, 0.25) is 21.8 Å². The van der Waals surface area contributed by atoms with Crippen LogP contribution in [0.4, 0.5) is 5.69 Å². The van der Waals surface area contributed by atoms with Gasteiger partial charge in [-0.05, 0) is 55.7 Å². The Bertz CT molecular complexity index is 1430. The quantitative estimate of drug-likeness (QED) is 0.335. The van der Waals surface area contributed by atoms with Crippen LogP contribution in [-0.2, 0) is 32.6 Å². The smallest absolute Gasteiger partial charge is 0.244 e. The van der Waals surface area contributed by atoms with Gasteiger partial charge >= 0.3 is 0 Å². The summed E-state index contributed by atoms with van der Waals surface area (Å²) in [7, 11) is -2.55. The van der Waals surface area contributed by atoms with E-state index in [1.807, 2.05) is 75.4 Å². The second-order valence-electron chi connectivity index (χ2n) is 9.90. The van der Waals surface area contributed by atoms with Gasteiger partial charge in [-0.15, -0.1) is 0 Å². The first kappa shape index (κ1) is 31.0. The zero-order chi connectivity index (χ0) is 29.4. The Kier molecular flexibility index (Phi) is 10.6. The molecule has 1 atom stereocenters. The van der Waals surface area contributed by atoms with E-state index in [0.717, 1.165) is 27.3 Å². The van der Waals surface area contributed by atoms with E-state index in [4.69, 9.17) is 16.3 Å². The number of methoxy groups -OCH3 is 1. The number of aryl methyl sites for hydroxylation is 1. The molecule has 2 amide bonds. The van der Waals surface area contributed by atoms with Gasteiger partial charge in [-0.2, -0.15) is 0 Å². The van der Waals surface area contributed by atoms with E-state index in [1.54, 1.807) is 12.1 Å². The molecule has 8 nitrogen and oxygen atoms in total. The van der Waals surface area contributed by atoms with Crippen molar-refractivity contribution in [3.8, 4) is 5.75 Å². The maximum Gasteiger partial charge on any atom is 0.244 e. The zero-order valence-corrected chi connectivity index (χ0v) is 25.0. The van der Waals surface area contributed by atoms with E-state index in [-0.39, 0.29) is 41.4 Å². The molecule has 40 heavy (non-hydrogen) atoms. The highest BCUT2D eigenvalue weighted by molar-refractivity contribution is 7.92. The molecule has 0 aromatic heterocycles. The molecule has 214 valence electrons. The number of amides is 2. The van der Waals surface area contributed by atoms with E-state index in [2.05, 4.69) is 5.32 Å². The van der Waals surface area contributed by atoms with Gasteiger partial charge in [-0.3, -0.25) is 13.9 Å². The van der Waals surface area contributed by atoms with E-state index in [0.29, 0.717) is 0 Å². The Morgan fingerprint density at radius 2 is 1.65 bits per heavy atom. The summed E-state index contributed by atoms with van der Waals surface area (Å²) < 4.78 is 32.3. The van der Waals surface area contributed by atoms with Crippen molar-refractivity contribution in [3.63, 3.8) is 0 Å². The maximum absolute atomic E-state index is 14.2. The minimum absolute atomic E-state index is 0.110. The fourth-order valence-corrected chi connectivity index (χ4v) is 5.37. The third-order valence-corrected chi connectivity index (χ3v) is 7.75. The van der Waals surface area contributed by atoms with Crippen LogP contribution in [0.25, 0.3) is 0 Å². The molecule has 0 saturated heterocycles. The lowest BCUT2D eigenvalue weighted by molar-refractivity contribution is -0.140.